The number of hydrogen-bond donors (Lipinski definition) is 2. The van der Waals surface area contributed by atoms with Gasteiger partial charge in [-0.15, -0.1) is 23.1 Å². The molecule has 2 amide bonds. The number of thioether (sulfide) groups is 1. The molecule has 5 aromatic rings. The highest BCUT2D eigenvalue weighted by Gasteiger charge is 2.27. The zero-order valence-electron chi connectivity index (χ0n) is 24.2. The van der Waals surface area contributed by atoms with Crippen LogP contribution in [0.3, 0.4) is 0 Å². The molecule has 5 rings (SSSR count). The summed E-state index contributed by atoms with van der Waals surface area (Å²) >= 11 is 2.54. The van der Waals surface area contributed by atoms with E-state index in [9.17, 15) is 24.5 Å². The van der Waals surface area contributed by atoms with Crippen LogP contribution in [0.15, 0.2) is 113 Å². The topological polar surface area (TPSA) is 128 Å². The Bertz CT molecular complexity index is 1860. The molecule has 1 aromatic heterocycles. The number of hydrogen-bond acceptors (Lipinski definition) is 8. The van der Waals surface area contributed by atoms with Gasteiger partial charge in [0.2, 0.25) is 5.91 Å². The van der Waals surface area contributed by atoms with Crippen molar-refractivity contribution >= 4 is 57.3 Å². The number of ether oxygens (including phenoxy) is 1. The van der Waals surface area contributed by atoms with Crippen molar-refractivity contribution in [3.8, 4) is 11.1 Å². The number of anilines is 2. The Morgan fingerprint density at radius 1 is 0.889 bits per heavy atom. The third kappa shape index (κ3) is 7.46. The fourth-order valence-electron chi connectivity index (χ4n) is 4.50. The molecule has 0 saturated carbocycles. The molecular weight excluding hydrogens is 611 g/mol. The van der Waals surface area contributed by atoms with Gasteiger partial charge < -0.3 is 15.4 Å². The molecule has 0 fully saturated rings. The van der Waals surface area contributed by atoms with Crippen molar-refractivity contribution in [1.82, 2.24) is 0 Å². The standard InChI is InChI=1S/C34H27N3O6S2/c1-21-11-13-22(14-12-21)28-20-44-33(29(28)34(40)43-2)36-32(39)30(23-7-4-3-5-8-23)45-27-10-6-9-25(19-27)35-31(38)24-15-17-26(18-16-24)37(41)42/h3-20,30H,1-2H3,(H,35,38)(H,36,39). The Morgan fingerprint density at radius 2 is 1.60 bits per heavy atom. The number of amides is 2. The van der Waals surface area contributed by atoms with Gasteiger partial charge in [-0.05, 0) is 48.4 Å². The van der Waals surface area contributed by atoms with Gasteiger partial charge in [-0.2, -0.15) is 0 Å². The summed E-state index contributed by atoms with van der Waals surface area (Å²) in [5, 5.41) is 18.2. The SMILES string of the molecule is COC(=O)c1c(-c2ccc(C)cc2)csc1NC(=O)C(Sc1cccc(NC(=O)c2ccc([N+](=O)[O-])cc2)c1)c1ccccc1. The van der Waals surface area contributed by atoms with E-state index in [2.05, 4.69) is 10.6 Å². The highest BCUT2D eigenvalue weighted by Crippen LogP contribution is 2.40. The number of nitrogens with zero attached hydrogens (tertiary/aromatic N) is 1. The molecule has 0 radical (unpaired) electrons. The molecule has 2 N–H and O–H groups in total. The molecule has 0 saturated heterocycles. The Labute approximate surface area is 267 Å². The van der Waals surface area contributed by atoms with Gasteiger partial charge in [0.05, 0.1) is 12.0 Å². The lowest BCUT2D eigenvalue weighted by atomic mass is 10.0. The van der Waals surface area contributed by atoms with Gasteiger partial charge >= 0.3 is 5.97 Å². The van der Waals surface area contributed by atoms with Gasteiger partial charge in [-0.3, -0.25) is 19.7 Å². The molecular formula is C34H27N3O6S2. The van der Waals surface area contributed by atoms with Crippen LogP contribution in [0.2, 0.25) is 0 Å². The van der Waals surface area contributed by atoms with Gasteiger partial charge in [-0.1, -0.05) is 66.2 Å². The number of carbonyl (C=O) groups is 3. The predicted molar refractivity (Wildman–Crippen MR) is 177 cm³/mol. The quantitative estimate of drug-likeness (QED) is 0.0685. The van der Waals surface area contributed by atoms with Crippen molar-refractivity contribution in [3.63, 3.8) is 0 Å². The summed E-state index contributed by atoms with van der Waals surface area (Å²) in [6.45, 7) is 1.98. The van der Waals surface area contributed by atoms with Gasteiger partial charge in [0.25, 0.3) is 11.6 Å². The average Bonchev–Trinajstić information content (AvgIpc) is 3.47. The first-order chi connectivity index (χ1) is 21.7. The number of nitro groups is 1. The van der Waals surface area contributed by atoms with Gasteiger partial charge in [0.1, 0.15) is 15.8 Å². The number of rotatable bonds is 10. The van der Waals surface area contributed by atoms with E-state index in [4.69, 9.17) is 4.74 Å². The first-order valence-electron chi connectivity index (χ1n) is 13.7. The second-order valence-electron chi connectivity index (χ2n) is 9.89. The fourth-order valence-corrected chi connectivity index (χ4v) is 6.54. The van der Waals surface area contributed by atoms with Crippen molar-refractivity contribution in [2.24, 2.45) is 0 Å². The largest absolute Gasteiger partial charge is 0.465 e. The van der Waals surface area contributed by atoms with Crippen LogP contribution in [-0.4, -0.2) is 29.8 Å². The van der Waals surface area contributed by atoms with E-state index in [0.29, 0.717) is 21.1 Å². The zero-order chi connectivity index (χ0) is 31.9. The van der Waals surface area contributed by atoms with Crippen LogP contribution in [0.5, 0.6) is 0 Å². The normalized spacial score (nSPS) is 11.3. The van der Waals surface area contributed by atoms with E-state index in [1.54, 1.807) is 18.2 Å². The number of esters is 1. The van der Waals surface area contributed by atoms with Crippen LogP contribution in [0.4, 0.5) is 16.4 Å². The van der Waals surface area contributed by atoms with E-state index >= 15 is 0 Å². The van der Waals surface area contributed by atoms with E-state index < -0.39 is 22.0 Å². The molecule has 226 valence electrons. The van der Waals surface area contributed by atoms with E-state index in [-0.39, 0.29) is 22.7 Å². The molecule has 0 aliphatic carbocycles. The van der Waals surface area contributed by atoms with Crippen LogP contribution in [0.1, 0.15) is 37.1 Å². The van der Waals surface area contributed by atoms with E-state index in [1.807, 2.05) is 73.0 Å². The number of benzene rings is 4. The van der Waals surface area contributed by atoms with E-state index in [0.717, 1.165) is 16.7 Å². The lowest BCUT2D eigenvalue weighted by molar-refractivity contribution is -0.384. The molecule has 0 spiro atoms. The van der Waals surface area contributed by atoms with Crippen molar-refractivity contribution in [3.05, 3.63) is 141 Å². The molecule has 4 aromatic carbocycles. The number of carbonyl (C=O) groups excluding carboxylic acids is 3. The molecule has 9 nitrogen and oxygen atoms in total. The molecule has 1 heterocycles. The number of nitrogens with one attached hydrogen (secondary N) is 2. The molecule has 1 unspecified atom stereocenters. The van der Waals surface area contributed by atoms with Crippen molar-refractivity contribution < 1.29 is 24.0 Å². The fraction of sp³-hybridized carbons (Fsp3) is 0.0882. The van der Waals surface area contributed by atoms with Crippen LogP contribution in [0, 0.1) is 17.0 Å². The van der Waals surface area contributed by atoms with Crippen LogP contribution < -0.4 is 10.6 Å². The monoisotopic (exact) mass is 637 g/mol. The maximum absolute atomic E-state index is 13.9. The summed E-state index contributed by atoms with van der Waals surface area (Å²) in [7, 11) is 1.31. The van der Waals surface area contributed by atoms with Gasteiger partial charge in [0, 0.05) is 39.2 Å². The summed E-state index contributed by atoms with van der Waals surface area (Å²) in [6, 6.07) is 29.4. The van der Waals surface area contributed by atoms with Crippen molar-refractivity contribution in [2.45, 2.75) is 17.1 Å². The Morgan fingerprint density at radius 3 is 2.27 bits per heavy atom. The number of thiophene rings is 1. The lowest BCUT2D eigenvalue weighted by Gasteiger charge is -2.18. The third-order valence-electron chi connectivity index (χ3n) is 6.81. The highest BCUT2D eigenvalue weighted by atomic mass is 32.2. The van der Waals surface area contributed by atoms with E-state index in [1.165, 1.54) is 54.5 Å². The molecule has 0 aliphatic rings. The molecule has 45 heavy (non-hydrogen) atoms. The van der Waals surface area contributed by atoms with Crippen molar-refractivity contribution in [2.75, 3.05) is 17.7 Å². The smallest absolute Gasteiger partial charge is 0.341 e. The summed E-state index contributed by atoms with van der Waals surface area (Å²) in [4.78, 5) is 50.7. The maximum atomic E-state index is 13.9. The number of nitro benzene ring substituents is 1. The van der Waals surface area contributed by atoms with Crippen LogP contribution >= 0.6 is 23.1 Å². The molecule has 0 aliphatic heterocycles. The Balaban J connectivity index is 1.39. The molecule has 11 heteroatoms. The van der Waals surface area contributed by atoms with Crippen LogP contribution in [0.25, 0.3) is 11.1 Å². The average molecular weight is 638 g/mol. The summed E-state index contributed by atoms with van der Waals surface area (Å²) in [6.07, 6.45) is 0. The van der Waals surface area contributed by atoms with Gasteiger partial charge in [-0.25, -0.2) is 4.79 Å². The molecule has 1 atom stereocenters. The minimum Gasteiger partial charge on any atom is -0.465 e. The number of aryl methyl sites for hydroxylation is 1. The predicted octanol–water partition coefficient (Wildman–Crippen LogP) is 8.14. The second-order valence-corrected chi connectivity index (χ2v) is 12.0. The summed E-state index contributed by atoms with van der Waals surface area (Å²) in [5.74, 6) is -1.32. The minimum absolute atomic E-state index is 0.109. The minimum atomic E-state index is -0.706. The lowest BCUT2D eigenvalue weighted by Crippen LogP contribution is -2.20. The first-order valence-corrected chi connectivity index (χ1v) is 15.4. The van der Waals surface area contributed by atoms with Crippen molar-refractivity contribution in [1.29, 1.82) is 0 Å². The molecule has 0 bridgehead atoms. The number of non-ortho nitro benzene ring substituents is 1. The van der Waals surface area contributed by atoms with Crippen LogP contribution in [-0.2, 0) is 9.53 Å². The Kier molecular flexibility index (Phi) is 9.71. The second kappa shape index (κ2) is 14.0. The summed E-state index contributed by atoms with van der Waals surface area (Å²) < 4.78 is 5.08. The summed E-state index contributed by atoms with van der Waals surface area (Å²) in [5.41, 5.74) is 4.26. The Hall–Kier alpha value is -5.26. The first kappa shape index (κ1) is 31.2. The van der Waals surface area contributed by atoms with Gasteiger partial charge in [0.15, 0.2) is 0 Å². The highest BCUT2D eigenvalue weighted by molar-refractivity contribution is 8.00. The third-order valence-corrected chi connectivity index (χ3v) is 8.95. The zero-order valence-corrected chi connectivity index (χ0v) is 25.8. The maximum Gasteiger partial charge on any atom is 0.341 e. The number of methoxy groups -OCH3 is 1.